The minimum Gasteiger partial charge on any atom is -0.497 e. The Balaban J connectivity index is 2.10. The van der Waals surface area contributed by atoms with E-state index in [1.165, 1.54) is 25.3 Å². The van der Waals surface area contributed by atoms with Crippen LogP contribution in [0.25, 0.3) is 0 Å². The summed E-state index contributed by atoms with van der Waals surface area (Å²) in [6, 6.07) is 10.6. The summed E-state index contributed by atoms with van der Waals surface area (Å²) in [7, 11) is 1.52. The second kappa shape index (κ2) is 5.49. The molecule has 4 heteroatoms. The van der Waals surface area contributed by atoms with Gasteiger partial charge in [0, 0.05) is 12.6 Å². The zero-order valence-electron chi connectivity index (χ0n) is 9.91. The first-order valence-electron chi connectivity index (χ1n) is 5.51. The molecular weight excluding hydrogens is 236 g/mol. The van der Waals surface area contributed by atoms with Gasteiger partial charge in [-0.3, -0.25) is 0 Å². The Kier molecular flexibility index (Phi) is 3.77. The topological polar surface area (TPSA) is 21.3 Å². The van der Waals surface area contributed by atoms with Gasteiger partial charge in [0.25, 0.3) is 0 Å². The zero-order valence-corrected chi connectivity index (χ0v) is 9.91. The molecule has 0 saturated heterocycles. The second-order valence-corrected chi connectivity index (χ2v) is 3.83. The maximum absolute atomic E-state index is 13.5. The third-order valence-corrected chi connectivity index (χ3v) is 2.55. The monoisotopic (exact) mass is 249 g/mol. The van der Waals surface area contributed by atoms with Crippen LogP contribution in [0.15, 0.2) is 42.5 Å². The fraction of sp³-hybridized carbons (Fsp3) is 0.143. The van der Waals surface area contributed by atoms with Crippen molar-refractivity contribution in [3.63, 3.8) is 0 Å². The molecule has 0 aliphatic rings. The van der Waals surface area contributed by atoms with Crippen LogP contribution in [0.1, 0.15) is 5.56 Å². The Bertz CT molecular complexity index is 543. The highest BCUT2D eigenvalue weighted by atomic mass is 19.1. The van der Waals surface area contributed by atoms with Crippen molar-refractivity contribution in [1.29, 1.82) is 0 Å². The molecule has 2 aromatic carbocycles. The smallest absolute Gasteiger partial charge is 0.146 e. The molecule has 0 spiro atoms. The largest absolute Gasteiger partial charge is 0.497 e. The Morgan fingerprint density at radius 3 is 2.67 bits per heavy atom. The molecule has 94 valence electrons. The van der Waals surface area contributed by atoms with Crippen molar-refractivity contribution in [2.24, 2.45) is 0 Å². The van der Waals surface area contributed by atoms with E-state index in [4.69, 9.17) is 4.74 Å². The van der Waals surface area contributed by atoms with Gasteiger partial charge in [-0.05, 0) is 29.8 Å². The predicted octanol–water partition coefficient (Wildman–Crippen LogP) is 3.59. The van der Waals surface area contributed by atoms with Crippen LogP contribution in [0.4, 0.5) is 14.5 Å². The summed E-state index contributed by atoms with van der Waals surface area (Å²) in [5.74, 6) is -0.106. The van der Waals surface area contributed by atoms with E-state index in [1.807, 2.05) is 0 Å². The minimum atomic E-state index is -0.368. The minimum absolute atomic E-state index is 0.305. The van der Waals surface area contributed by atoms with Gasteiger partial charge in [0.05, 0.1) is 12.8 Å². The third-order valence-electron chi connectivity index (χ3n) is 2.55. The van der Waals surface area contributed by atoms with E-state index in [-0.39, 0.29) is 11.6 Å². The molecule has 18 heavy (non-hydrogen) atoms. The van der Waals surface area contributed by atoms with E-state index in [1.54, 1.807) is 24.3 Å². The van der Waals surface area contributed by atoms with Gasteiger partial charge >= 0.3 is 0 Å². The van der Waals surface area contributed by atoms with Crippen LogP contribution >= 0.6 is 0 Å². The van der Waals surface area contributed by atoms with Crippen LogP contribution in [0.3, 0.4) is 0 Å². The molecule has 2 aromatic rings. The number of nitrogens with one attached hydrogen (secondary N) is 1. The number of methoxy groups -OCH3 is 1. The van der Waals surface area contributed by atoms with Gasteiger partial charge in [-0.15, -0.1) is 0 Å². The van der Waals surface area contributed by atoms with Crippen molar-refractivity contribution in [1.82, 2.24) is 0 Å². The number of benzene rings is 2. The number of anilines is 1. The van der Waals surface area contributed by atoms with Crippen molar-refractivity contribution >= 4 is 5.69 Å². The summed E-state index contributed by atoms with van der Waals surface area (Å²) >= 11 is 0. The van der Waals surface area contributed by atoms with Gasteiger partial charge in [0.2, 0.25) is 0 Å². The lowest BCUT2D eigenvalue weighted by molar-refractivity contribution is 0.414. The lowest BCUT2D eigenvalue weighted by Gasteiger charge is -2.09. The van der Waals surface area contributed by atoms with E-state index >= 15 is 0 Å². The first-order chi connectivity index (χ1) is 8.69. The van der Waals surface area contributed by atoms with Gasteiger partial charge in [0.15, 0.2) is 0 Å². The standard InChI is InChI=1S/C14H13F2NO/c1-18-12-5-6-13(16)14(8-12)17-9-10-3-2-4-11(15)7-10/h2-8,17H,9H2,1H3. The van der Waals surface area contributed by atoms with Gasteiger partial charge in [-0.2, -0.15) is 0 Å². The highest BCUT2D eigenvalue weighted by Crippen LogP contribution is 2.21. The molecule has 0 saturated carbocycles. The molecule has 0 aliphatic carbocycles. The summed E-state index contributed by atoms with van der Waals surface area (Å²) in [5.41, 5.74) is 1.08. The SMILES string of the molecule is COc1ccc(F)c(NCc2cccc(F)c2)c1. The molecular formula is C14H13F2NO. The van der Waals surface area contributed by atoms with E-state index in [0.29, 0.717) is 18.0 Å². The van der Waals surface area contributed by atoms with Crippen LogP contribution in [-0.2, 0) is 6.54 Å². The summed E-state index contributed by atoms with van der Waals surface area (Å²) in [5, 5.41) is 2.91. The highest BCUT2D eigenvalue weighted by molar-refractivity contribution is 5.50. The van der Waals surface area contributed by atoms with Gasteiger partial charge in [-0.25, -0.2) is 8.78 Å². The number of hydrogen-bond acceptors (Lipinski definition) is 2. The van der Waals surface area contributed by atoms with Crippen LogP contribution in [0, 0.1) is 11.6 Å². The Labute approximate surface area is 104 Å². The Morgan fingerprint density at radius 2 is 1.94 bits per heavy atom. The number of halogens is 2. The first kappa shape index (κ1) is 12.4. The number of hydrogen-bond donors (Lipinski definition) is 1. The quantitative estimate of drug-likeness (QED) is 0.894. The van der Waals surface area contributed by atoms with Crippen LogP contribution in [0.2, 0.25) is 0 Å². The summed E-state index contributed by atoms with van der Waals surface area (Å²) in [6.07, 6.45) is 0. The molecule has 2 nitrogen and oxygen atoms in total. The molecule has 2 rings (SSSR count). The molecule has 0 aromatic heterocycles. The fourth-order valence-electron chi connectivity index (χ4n) is 1.61. The number of rotatable bonds is 4. The average molecular weight is 249 g/mol. The molecule has 0 unspecified atom stereocenters. The molecule has 1 N–H and O–H groups in total. The first-order valence-corrected chi connectivity index (χ1v) is 5.51. The lowest BCUT2D eigenvalue weighted by atomic mass is 10.2. The van der Waals surface area contributed by atoms with Crippen molar-refractivity contribution in [3.05, 3.63) is 59.7 Å². The van der Waals surface area contributed by atoms with Gasteiger partial charge in [-0.1, -0.05) is 12.1 Å². The summed E-state index contributed by atoms with van der Waals surface area (Å²) in [6.45, 7) is 0.349. The second-order valence-electron chi connectivity index (χ2n) is 3.83. The summed E-state index contributed by atoms with van der Waals surface area (Å²) < 4.78 is 31.5. The predicted molar refractivity (Wildman–Crippen MR) is 66.7 cm³/mol. The molecule has 0 fully saturated rings. The number of ether oxygens (including phenoxy) is 1. The van der Waals surface area contributed by atoms with Crippen LogP contribution < -0.4 is 10.1 Å². The van der Waals surface area contributed by atoms with Crippen LogP contribution in [0.5, 0.6) is 5.75 Å². The van der Waals surface area contributed by atoms with Crippen LogP contribution in [-0.4, -0.2) is 7.11 Å². The maximum atomic E-state index is 13.5. The average Bonchev–Trinajstić information content (AvgIpc) is 2.38. The van der Waals surface area contributed by atoms with E-state index in [2.05, 4.69) is 5.32 Å². The van der Waals surface area contributed by atoms with E-state index in [9.17, 15) is 8.78 Å². The Hall–Kier alpha value is -2.10. The fourth-order valence-corrected chi connectivity index (χ4v) is 1.61. The van der Waals surface area contributed by atoms with Crippen molar-refractivity contribution in [2.45, 2.75) is 6.54 Å². The molecule has 0 amide bonds. The Morgan fingerprint density at radius 1 is 1.11 bits per heavy atom. The molecule has 0 bridgehead atoms. The maximum Gasteiger partial charge on any atom is 0.146 e. The third kappa shape index (κ3) is 2.97. The molecule has 0 heterocycles. The normalized spacial score (nSPS) is 10.2. The molecule has 0 atom stereocenters. The van der Waals surface area contributed by atoms with E-state index in [0.717, 1.165) is 5.56 Å². The zero-order chi connectivity index (χ0) is 13.0. The van der Waals surface area contributed by atoms with E-state index < -0.39 is 0 Å². The highest BCUT2D eigenvalue weighted by Gasteiger charge is 2.04. The van der Waals surface area contributed by atoms with Crippen molar-refractivity contribution < 1.29 is 13.5 Å². The van der Waals surface area contributed by atoms with Crippen molar-refractivity contribution in [3.8, 4) is 5.75 Å². The molecule has 0 radical (unpaired) electrons. The van der Waals surface area contributed by atoms with Crippen molar-refractivity contribution in [2.75, 3.05) is 12.4 Å². The lowest BCUT2D eigenvalue weighted by Crippen LogP contribution is -2.02. The van der Waals surface area contributed by atoms with Gasteiger partial charge in [0.1, 0.15) is 17.4 Å². The summed E-state index contributed by atoms with van der Waals surface area (Å²) in [4.78, 5) is 0. The van der Waals surface area contributed by atoms with Gasteiger partial charge < -0.3 is 10.1 Å². The molecule has 0 aliphatic heterocycles.